The predicted molar refractivity (Wildman–Crippen MR) is 108 cm³/mol. The lowest BCUT2D eigenvalue weighted by Gasteiger charge is -2.28. The molecule has 1 aliphatic heterocycles. The van der Waals surface area contributed by atoms with Crippen LogP contribution < -0.4 is 19.7 Å². The number of benzene rings is 2. The van der Waals surface area contributed by atoms with Gasteiger partial charge in [-0.15, -0.1) is 0 Å². The monoisotopic (exact) mass is 424 g/mol. The molecule has 0 unspecified atom stereocenters. The molecule has 1 N–H and O–H groups in total. The van der Waals surface area contributed by atoms with Crippen molar-refractivity contribution in [1.82, 2.24) is 0 Å². The maximum Gasteiger partial charge on any atom is 0.230 e. The van der Waals surface area contributed by atoms with Crippen molar-refractivity contribution >= 4 is 37.0 Å². The summed E-state index contributed by atoms with van der Waals surface area (Å²) in [5.74, 6) is 1.58. The zero-order valence-corrected chi connectivity index (χ0v) is 16.6. The van der Waals surface area contributed by atoms with Gasteiger partial charge in [0, 0.05) is 24.5 Å². The first kappa shape index (κ1) is 20.0. The average molecular weight is 425 g/mol. The Balaban J connectivity index is 1.47. The first-order valence-electron chi connectivity index (χ1n) is 8.50. The van der Waals surface area contributed by atoms with Gasteiger partial charge in [0.25, 0.3) is 0 Å². The van der Waals surface area contributed by atoms with Gasteiger partial charge in [-0.25, -0.2) is 8.42 Å². The van der Waals surface area contributed by atoms with Crippen LogP contribution in [0.1, 0.15) is 0 Å². The SMILES string of the molecule is O=S(=O)=CNc1ccc(OCOc2ccc(N3CCS(=O)(=O)CC3)cc2)cc1. The molecule has 2 aromatic carbocycles. The van der Waals surface area contributed by atoms with E-state index in [2.05, 4.69) is 5.32 Å². The molecule has 150 valence electrons. The molecular formula is C18H20N2O6S2. The Hall–Kier alpha value is -2.72. The van der Waals surface area contributed by atoms with Crippen LogP contribution in [0.25, 0.3) is 0 Å². The molecule has 1 heterocycles. The molecule has 0 bridgehead atoms. The summed E-state index contributed by atoms with van der Waals surface area (Å²) in [6.07, 6.45) is 0. The standard InChI is InChI=1S/C18H20N2O6S2/c21-27(22)13-19-15-1-5-17(6-2-15)25-14-26-18-7-3-16(4-8-18)20-9-11-28(23,24)12-10-20/h1-8,13,19H,9-12,14H2. The van der Waals surface area contributed by atoms with Crippen LogP contribution in [-0.4, -0.2) is 53.7 Å². The van der Waals surface area contributed by atoms with E-state index in [0.717, 1.165) is 11.2 Å². The molecule has 28 heavy (non-hydrogen) atoms. The molecule has 0 radical (unpaired) electrons. The molecule has 1 aliphatic rings. The predicted octanol–water partition coefficient (Wildman–Crippen LogP) is 1.39. The highest BCUT2D eigenvalue weighted by Crippen LogP contribution is 2.22. The summed E-state index contributed by atoms with van der Waals surface area (Å²) in [6.45, 7) is 1.02. The Bertz CT molecular complexity index is 1010. The van der Waals surface area contributed by atoms with E-state index in [1.165, 1.54) is 0 Å². The van der Waals surface area contributed by atoms with E-state index < -0.39 is 20.1 Å². The summed E-state index contributed by atoms with van der Waals surface area (Å²) in [6, 6.07) is 14.2. The highest BCUT2D eigenvalue weighted by Gasteiger charge is 2.21. The van der Waals surface area contributed by atoms with Gasteiger partial charge >= 0.3 is 0 Å². The molecule has 8 nitrogen and oxygen atoms in total. The zero-order valence-electron chi connectivity index (χ0n) is 14.9. The van der Waals surface area contributed by atoms with E-state index in [-0.39, 0.29) is 18.3 Å². The molecule has 0 aromatic heterocycles. The van der Waals surface area contributed by atoms with Crippen LogP contribution >= 0.6 is 0 Å². The highest BCUT2D eigenvalue weighted by atomic mass is 32.2. The summed E-state index contributed by atoms with van der Waals surface area (Å²) in [5, 5.41) is 2.63. The highest BCUT2D eigenvalue weighted by molar-refractivity contribution is 7.91. The van der Waals surface area contributed by atoms with Crippen molar-refractivity contribution in [2.24, 2.45) is 0 Å². The van der Waals surface area contributed by atoms with E-state index in [4.69, 9.17) is 9.47 Å². The summed E-state index contributed by atoms with van der Waals surface area (Å²) in [4.78, 5) is 2.04. The topological polar surface area (TPSA) is 102 Å². The lowest BCUT2D eigenvalue weighted by atomic mass is 10.2. The number of nitrogens with one attached hydrogen (secondary N) is 1. The van der Waals surface area contributed by atoms with Crippen molar-refractivity contribution in [2.75, 3.05) is 41.6 Å². The number of sulfone groups is 1. The molecule has 0 aliphatic carbocycles. The number of anilines is 2. The van der Waals surface area contributed by atoms with E-state index in [9.17, 15) is 16.8 Å². The fourth-order valence-electron chi connectivity index (χ4n) is 2.65. The largest absolute Gasteiger partial charge is 0.458 e. The zero-order chi connectivity index (χ0) is 20.0. The molecule has 10 heteroatoms. The maximum absolute atomic E-state index is 11.5. The van der Waals surface area contributed by atoms with Crippen LogP contribution in [0, 0.1) is 0 Å². The Morgan fingerprint density at radius 1 is 0.929 bits per heavy atom. The average Bonchev–Trinajstić information content (AvgIpc) is 2.68. The number of hydrogen-bond donors (Lipinski definition) is 1. The third-order valence-corrected chi connectivity index (χ3v) is 6.09. The maximum atomic E-state index is 11.5. The Kier molecular flexibility index (Phi) is 6.42. The fraction of sp³-hybridized carbons (Fsp3) is 0.278. The second-order valence-electron chi connectivity index (χ2n) is 6.09. The van der Waals surface area contributed by atoms with Gasteiger partial charge in [-0.2, -0.15) is 8.42 Å². The van der Waals surface area contributed by atoms with Crippen LogP contribution in [-0.2, 0) is 20.1 Å². The molecule has 3 rings (SSSR count). The molecule has 0 amide bonds. The Morgan fingerprint density at radius 3 is 2.00 bits per heavy atom. The first-order valence-corrected chi connectivity index (χ1v) is 11.5. The van der Waals surface area contributed by atoms with Crippen LogP contribution in [0.3, 0.4) is 0 Å². The summed E-state index contributed by atoms with van der Waals surface area (Å²) in [7, 11) is -5.17. The third kappa shape index (κ3) is 5.89. The molecule has 2 aromatic rings. The van der Waals surface area contributed by atoms with E-state index in [1.807, 2.05) is 29.2 Å². The van der Waals surface area contributed by atoms with Gasteiger partial charge in [-0.3, -0.25) is 0 Å². The van der Waals surface area contributed by atoms with Gasteiger partial charge in [0.1, 0.15) is 17.0 Å². The van der Waals surface area contributed by atoms with E-state index >= 15 is 0 Å². The Morgan fingerprint density at radius 2 is 1.46 bits per heavy atom. The van der Waals surface area contributed by atoms with E-state index in [1.54, 1.807) is 24.3 Å². The van der Waals surface area contributed by atoms with Crippen LogP contribution in [0.5, 0.6) is 11.5 Å². The second kappa shape index (κ2) is 8.98. The lowest BCUT2D eigenvalue weighted by molar-refractivity contribution is 0.120. The van der Waals surface area contributed by atoms with Gasteiger partial charge in [0.05, 0.1) is 11.5 Å². The van der Waals surface area contributed by atoms with Gasteiger partial charge in [-0.05, 0) is 48.5 Å². The van der Waals surface area contributed by atoms with Crippen molar-refractivity contribution in [3.8, 4) is 11.5 Å². The lowest BCUT2D eigenvalue weighted by Crippen LogP contribution is -2.40. The first-order chi connectivity index (χ1) is 13.4. The van der Waals surface area contributed by atoms with Crippen molar-refractivity contribution in [3.63, 3.8) is 0 Å². The van der Waals surface area contributed by atoms with Crippen LogP contribution in [0.15, 0.2) is 48.5 Å². The van der Waals surface area contributed by atoms with Gasteiger partial charge in [0.15, 0.2) is 9.84 Å². The van der Waals surface area contributed by atoms with Gasteiger partial charge < -0.3 is 19.7 Å². The number of nitrogens with zero attached hydrogens (tertiary/aromatic N) is 1. The summed E-state index contributed by atoms with van der Waals surface area (Å²) < 4.78 is 55.0. The molecule has 1 saturated heterocycles. The van der Waals surface area contributed by atoms with Gasteiger partial charge in [0.2, 0.25) is 17.1 Å². The third-order valence-electron chi connectivity index (χ3n) is 4.17. The van der Waals surface area contributed by atoms with Crippen LogP contribution in [0.4, 0.5) is 11.4 Å². The molecule has 0 atom stereocenters. The van der Waals surface area contributed by atoms with Gasteiger partial charge in [-0.1, -0.05) is 0 Å². The number of rotatable bonds is 7. The van der Waals surface area contributed by atoms with Crippen molar-refractivity contribution in [3.05, 3.63) is 48.5 Å². The molecular weight excluding hydrogens is 404 g/mol. The minimum atomic E-state index is -2.90. The molecule has 1 fully saturated rings. The summed E-state index contributed by atoms with van der Waals surface area (Å²) >= 11 is 0. The fourth-order valence-corrected chi connectivity index (χ4v) is 4.09. The second-order valence-corrected chi connectivity index (χ2v) is 9.15. The quantitative estimate of drug-likeness (QED) is 0.526. The summed E-state index contributed by atoms with van der Waals surface area (Å²) in [5.41, 5.74) is 2.53. The minimum absolute atomic E-state index is 0.0186. The minimum Gasteiger partial charge on any atom is -0.458 e. The van der Waals surface area contributed by atoms with E-state index in [0.29, 0.717) is 30.3 Å². The number of hydrogen-bond acceptors (Lipinski definition) is 7. The van der Waals surface area contributed by atoms with Crippen molar-refractivity contribution < 1.29 is 26.3 Å². The Labute approximate surface area is 165 Å². The van der Waals surface area contributed by atoms with Crippen molar-refractivity contribution in [1.29, 1.82) is 0 Å². The molecule has 0 saturated carbocycles. The smallest absolute Gasteiger partial charge is 0.230 e. The van der Waals surface area contributed by atoms with Crippen molar-refractivity contribution in [2.45, 2.75) is 0 Å². The normalized spacial score (nSPS) is 15.5. The molecule has 0 spiro atoms. The van der Waals surface area contributed by atoms with Crippen LogP contribution in [0.2, 0.25) is 0 Å². The number of ether oxygens (including phenoxy) is 2.